The minimum atomic E-state index is -0.418. The van der Waals surface area contributed by atoms with Crippen LogP contribution in [0.15, 0.2) is 24.3 Å². The quantitative estimate of drug-likeness (QED) is 0.718. The summed E-state index contributed by atoms with van der Waals surface area (Å²) in [5, 5.41) is 0. The number of ether oxygens (including phenoxy) is 1. The lowest BCUT2D eigenvalue weighted by Gasteiger charge is -2.32. The van der Waals surface area contributed by atoms with Crippen molar-refractivity contribution in [2.75, 3.05) is 7.11 Å². The molecule has 1 aliphatic heterocycles. The average Bonchev–Trinajstić information content (AvgIpc) is 2.79. The molecule has 0 saturated carbocycles. The molecule has 26 heavy (non-hydrogen) atoms. The number of carbonyl (C=O) groups is 1. The highest BCUT2D eigenvalue weighted by molar-refractivity contribution is 6.48. The van der Waals surface area contributed by atoms with Crippen LogP contribution in [0.4, 0.5) is 0 Å². The van der Waals surface area contributed by atoms with Gasteiger partial charge in [0.2, 0.25) is 5.91 Å². The Morgan fingerprint density at radius 2 is 1.69 bits per heavy atom. The molecule has 2 N–H and O–H groups in total. The fourth-order valence-electron chi connectivity index (χ4n) is 3.23. The zero-order valence-electron chi connectivity index (χ0n) is 16.9. The van der Waals surface area contributed by atoms with E-state index in [9.17, 15) is 4.79 Å². The third-order valence-corrected chi connectivity index (χ3v) is 5.87. The van der Waals surface area contributed by atoms with Gasteiger partial charge < -0.3 is 19.8 Å². The van der Waals surface area contributed by atoms with E-state index in [4.69, 9.17) is 19.8 Å². The molecule has 6 heteroatoms. The third kappa shape index (κ3) is 4.60. The first kappa shape index (κ1) is 20.8. The number of rotatable bonds is 8. The molecule has 1 aliphatic rings. The molecule has 0 bridgehead atoms. The second-order valence-corrected chi connectivity index (χ2v) is 8.22. The Kier molecular flexibility index (Phi) is 6.40. The molecule has 2 rings (SSSR count). The van der Waals surface area contributed by atoms with Crippen LogP contribution in [-0.4, -0.2) is 31.3 Å². The molecule has 2 atom stereocenters. The normalized spacial score (nSPS) is 20.6. The molecule has 144 valence electrons. The van der Waals surface area contributed by atoms with Crippen molar-refractivity contribution < 1.29 is 18.8 Å². The van der Waals surface area contributed by atoms with Crippen molar-refractivity contribution in [3.63, 3.8) is 0 Å². The van der Waals surface area contributed by atoms with Crippen molar-refractivity contribution in [1.82, 2.24) is 0 Å². The summed E-state index contributed by atoms with van der Waals surface area (Å²) in [5.74, 6) is 0.174. The van der Waals surface area contributed by atoms with E-state index in [1.807, 2.05) is 46.8 Å². The van der Waals surface area contributed by atoms with Gasteiger partial charge in [-0.2, -0.15) is 0 Å². The van der Waals surface area contributed by atoms with E-state index >= 15 is 0 Å². The summed E-state index contributed by atoms with van der Waals surface area (Å²) in [4.78, 5) is 11.8. The number of primary amides is 1. The van der Waals surface area contributed by atoms with Crippen LogP contribution in [0.2, 0.25) is 5.82 Å². The topological polar surface area (TPSA) is 70.8 Å². The van der Waals surface area contributed by atoms with Crippen molar-refractivity contribution >= 4 is 13.0 Å². The summed E-state index contributed by atoms with van der Waals surface area (Å²) in [6, 6.07) is 8.07. The largest absolute Gasteiger partial charge is 0.497 e. The van der Waals surface area contributed by atoms with Crippen LogP contribution in [-0.2, 0) is 20.5 Å². The van der Waals surface area contributed by atoms with Crippen molar-refractivity contribution in [3.05, 3.63) is 29.8 Å². The highest BCUT2D eigenvalue weighted by Crippen LogP contribution is 2.43. The molecular weight excluding hydrogens is 329 g/mol. The van der Waals surface area contributed by atoms with Gasteiger partial charge in [-0.15, -0.1) is 0 Å². The molecule has 1 aromatic rings. The minimum absolute atomic E-state index is 0.0631. The molecule has 0 aromatic heterocycles. The van der Waals surface area contributed by atoms with Crippen LogP contribution >= 0.6 is 0 Å². The Bertz CT molecular complexity index is 599. The van der Waals surface area contributed by atoms with E-state index < -0.39 is 18.3 Å². The molecular formula is C20H32BNO4. The summed E-state index contributed by atoms with van der Waals surface area (Å²) in [5.41, 5.74) is 6.00. The van der Waals surface area contributed by atoms with Gasteiger partial charge in [-0.3, -0.25) is 4.79 Å². The van der Waals surface area contributed by atoms with Crippen molar-refractivity contribution in [2.45, 2.75) is 70.9 Å². The second-order valence-electron chi connectivity index (χ2n) is 8.22. The minimum Gasteiger partial charge on any atom is -0.497 e. The smallest absolute Gasteiger partial charge is 0.461 e. The van der Waals surface area contributed by atoms with E-state index in [-0.39, 0.29) is 17.6 Å². The van der Waals surface area contributed by atoms with Crippen molar-refractivity contribution in [1.29, 1.82) is 0 Å². The van der Waals surface area contributed by atoms with E-state index in [0.717, 1.165) is 25.0 Å². The maximum atomic E-state index is 11.8. The lowest BCUT2D eigenvalue weighted by molar-refractivity contribution is -0.121. The monoisotopic (exact) mass is 361 g/mol. The number of nitrogens with two attached hydrogens (primary N) is 1. The fourth-order valence-corrected chi connectivity index (χ4v) is 3.23. The zero-order chi connectivity index (χ0) is 19.5. The van der Waals surface area contributed by atoms with Crippen LogP contribution < -0.4 is 10.5 Å². The molecule has 1 amide bonds. The summed E-state index contributed by atoms with van der Waals surface area (Å²) in [6.07, 6.45) is 2.66. The van der Waals surface area contributed by atoms with Gasteiger partial charge in [0.25, 0.3) is 0 Å². The summed E-state index contributed by atoms with van der Waals surface area (Å²) >= 11 is 0. The Labute approximate surface area is 157 Å². The molecule has 0 radical (unpaired) electrons. The number of amides is 1. The zero-order valence-corrected chi connectivity index (χ0v) is 16.9. The van der Waals surface area contributed by atoms with Crippen LogP contribution in [0.25, 0.3) is 0 Å². The second kappa shape index (κ2) is 8.01. The molecule has 1 saturated heterocycles. The van der Waals surface area contributed by atoms with Crippen LogP contribution in [0, 0.1) is 5.92 Å². The number of methoxy groups -OCH3 is 1. The highest BCUT2D eigenvalue weighted by atomic mass is 16.7. The predicted octanol–water partition coefficient (Wildman–Crippen LogP) is 3.60. The predicted molar refractivity (Wildman–Crippen MR) is 104 cm³/mol. The third-order valence-electron chi connectivity index (χ3n) is 5.87. The average molecular weight is 361 g/mol. The highest BCUT2D eigenvalue weighted by Gasteiger charge is 2.54. The Morgan fingerprint density at radius 3 is 2.15 bits per heavy atom. The standard InChI is InChI=1S/C20H32BNO4/c1-14(18(22)23)17(21-25-19(2,3)20(4,5)26-21)9-7-8-15-10-12-16(24-6)13-11-15/h10-14,17H,7-9H2,1-6H3,(H2,22,23)/t14?,17-/m1/s1. The van der Waals surface area contributed by atoms with Gasteiger partial charge in [0.1, 0.15) is 5.75 Å². The van der Waals surface area contributed by atoms with Crippen LogP contribution in [0.3, 0.4) is 0 Å². The molecule has 1 heterocycles. The van der Waals surface area contributed by atoms with Gasteiger partial charge in [0.15, 0.2) is 0 Å². The Morgan fingerprint density at radius 1 is 1.15 bits per heavy atom. The molecule has 1 aromatic carbocycles. The van der Waals surface area contributed by atoms with E-state index in [2.05, 4.69) is 12.1 Å². The number of hydrogen-bond donors (Lipinski definition) is 1. The lowest BCUT2D eigenvalue weighted by atomic mass is 9.63. The van der Waals surface area contributed by atoms with Gasteiger partial charge in [0, 0.05) is 11.7 Å². The number of benzene rings is 1. The summed E-state index contributed by atoms with van der Waals surface area (Å²) in [6.45, 7) is 9.96. The molecule has 1 fully saturated rings. The van der Waals surface area contributed by atoms with Gasteiger partial charge in [0.05, 0.1) is 18.3 Å². The number of carbonyl (C=O) groups excluding carboxylic acids is 1. The molecule has 1 unspecified atom stereocenters. The number of hydrogen-bond acceptors (Lipinski definition) is 4. The Hall–Kier alpha value is -1.53. The van der Waals surface area contributed by atoms with Crippen molar-refractivity contribution in [3.8, 4) is 5.75 Å². The van der Waals surface area contributed by atoms with Gasteiger partial charge in [-0.25, -0.2) is 0 Å². The molecule has 5 nitrogen and oxygen atoms in total. The van der Waals surface area contributed by atoms with Gasteiger partial charge in [-0.1, -0.05) is 25.5 Å². The van der Waals surface area contributed by atoms with Gasteiger partial charge >= 0.3 is 7.12 Å². The Balaban J connectivity index is 2.02. The van der Waals surface area contributed by atoms with Crippen molar-refractivity contribution in [2.24, 2.45) is 11.7 Å². The first-order valence-corrected chi connectivity index (χ1v) is 9.35. The molecule has 0 aliphatic carbocycles. The molecule has 0 spiro atoms. The summed E-state index contributed by atoms with van der Waals surface area (Å²) < 4.78 is 17.6. The van der Waals surface area contributed by atoms with Crippen LogP contribution in [0.1, 0.15) is 53.0 Å². The van der Waals surface area contributed by atoms with E-state index in [1.54, 1.807) is 7.11 Å². The lowest BCUT2D eigenvalue weighted by Crippen LogP contribution is -2.41. The van der Waals surface area contributed by atoms with E-state index in [1.165, 1.54) is 5.56 Å². The van der Waals surface area contributed by atoms with E-state index in [0.29, 0.717) is 0 Å². The SMILES string of the molecule is COc1ccc(CCC[C@@H](B2OC(C)(C)C(C)(C)O2)C(C)C(N)=O)cc1. The maximum absolute atomic E-state index is 11.8. The first-order valence-electron chi connectivity index (χ1n) is 9.35. The van der Waals surface area contributed by atoms with Gasteiger partial charge in [-0.05, 0) is 58.2 Å². The summed E-state index contributed by atoms with van der Waals surface area (Å²) in [7, 11) is 1.24. The maximum Gasteiger partial charge on any atom is 0.461 e. The first-order chi connectivity index (χ1) is 12.1. The fraction of sp³-hybridized carbons (Fsp3) is 0.650. The van der Waals surface area contributed by atoms with Crippen LogP contribution in [0.5, 0.6) is 5.75 Å². The number of aryl methyl sites for hydroxylation is 1.